The summed E-state index contributed by atoms with van der Waals surface area (Å²) in [7, 11) is 0. The van der Waals surface area contributed by atoms with Crippen LogP contribution >= 0.6 is 23.8 Å². The Morgan fingerprint density at radius 2 is 2.06 bits per heavy atom. The zero-order valence-corrected chi connectivity index (χ0v) is 11.9. The Labute approximate surface area is 112 Å². The molecule has 92 valence electrons. The van der Waals surface area contributed by atoms with E-state index in [0.717, 1.165) is 27.4 Å². The van der Waals surface area contributed by atoms with E-state index in [1.165, 1.54) is 0 Å². The minimum absolute atomic E-state index is 0.583. The molecule has 2 rings (SSSR count). The van der Waals surface area contributed by atoms with Gasteiger partial charge in [-0.3, -0.25) is 0 Å². The van der Waals surface area contributed by atoms with Crippen LogP contribution in [0.15, 0.2) is 18.2 Å². The molecule has 0 bridgehead atoms. The van der Waals surface area contributed by atoms with Crippen molar-refractivity contribution in [1.82, 2.24) is 9.55 Å². The van der Waals surface area contributed by atoms with Crippen LogP contribution in [0, 0.1) is 16.6 Å². The van der Waals surface area contributed by atoms with Crippen molar-refractivity contribution in [3.63, 3.8) is 0 Å². The molecule has 1 aromatic heterocycles. The van der Waals surface area contributed by atoms with Gasteiger partial charge < -0.3 is 9.55 Å². The van der Waals surface area contributed by atoms with Gasteiger partial charge in [0.2, 0.25) is 0 Å². The first-order chi connectivity index (χ1) is 8.00. The largest absolute Gasteiger partial charge is 0.329 e. The second-order valence-corrected chi connectivity index (χ2v) is 5.69. The topological polar surface area (TPSA) is 20.7 Å². The molecule has 2 nitrogen and oxygen atoms in total. The number of rotatable bonds is 3. The van der Waals surface area contributed by atoms with Crippen molar-refractivity contribution >= 4 is 34.9 Å². The lowest BCUT2D eigenvalue weighted by atomic mass is 9.98. The van der Waals surface area contributed by atoms with E-state index in [1.54, 1.807) is 0 Å². The van der Waals surface area contributed by atoms with Gasteiger partial charge in [0.05, 0.1) is 16.1 Å². The molecule has 0 aliphatic rings. The number of imidazole rings is 1. The van der Waals surface area contributed by atoms with Crippen molar-refractivity contribution in [3.8, 4) is 0 Å². The van der Waals surface area contributed by atoms with E-state index in [2.05, 4.69) is 36.4 Å². The van der Waals surface area contributed by atoms with E-state index in [4.69, 9.17) is 23.8 Å². The quantitative estimate of drug-likeness (QED) is 0.804. The monoisotopic (exact) mass is 268 g/mol. The predicted molar refractivity (Wildman–Crippen MR) is 76.1 cm³/mol. The number of aromatic nitrogens is 2. The molecule has 0 fully saturated rings. The van der Waals surface area contributed by atoms with Crippen molar-refractivity contribution < 1.29 is 0 Å². The molecule has 0 aliphatic carbocycles. The molecule has 2 aromatic rings. The maximum Gasteiger partial charge on any atom is 0.178 e. The standard InChI is InChI=1S/C13H17ClN2S/c1-8(2)9(3)7-16-11-6-4-5-10(14)12(11)15-13(16)17/h4-6,8-9H,7H2,1-3H3,(H,15,17). The Hall–Kier alpha value is -0.800. The Kier molecular flexibility index (Phi) is 3.59. The smallest absolute Gasteiger partial charge is 0.178 e. The van der Waals surface area contributed by atoms with Crippen molar-refractivity contribution in [3.05, 3.63) is 28.0 Å². The van der Waals surface area contributed by atoms with Crippen molar-refractivity contribution in [2.24, 2.45) is 11.8 Å². The maximum atomic E-state index is 6.15. The van der Waals surface area contributed by atoms with Crippen LogP contribution in [0.1, 0.15) is 20.8 Å². The molecule has 1 heterocycles. The number of hydrogen-bond acceptors (Lipinski definition) is 1. The third kappa shape index (κ3) is 2.40. The molecule has 1 unspecified atom stereocenters. The highest BCUT2D eigenvalue weighted by molar-refractivity contribution is 7.71. The molecular weight excluding hydrogens is 252 g/mol. The lowest BCUT2D eigenvalue weighted by molar-refractivity contribution is 0.367. The Morgan fingerprint density at radius 3 is 2.71 bits per heavy atom. The number of nitrogens with one attached hydrogen (secondary N) is 1. The van der Waals surface area contributed by atoms with Crippen LogP contribution < -0.4 is 0 Å². The summed E-state index contributed by atoms with van der Waals surface area (Å²) >= 11 is 11.5. The van der Waals surface area contributed by atoms with E-state index in [0.29, 0.717) is 11.8 Å². The van der Waals surface area contributed by atoms with Crippen LogP contribution in [0.3, 0.4) is 0 Å². The zero-order chi connectivity index (χ0) is 12.6. The molecular formula is C13H17ClN2S. The first-order valence-corrected chi connectivity index (χ1v) is 6.66. The summed E-state index contributed by atoms with van der Waals surface area (Å²) in [6, 6.07) is 5.90. The normalized spacial score (nSPS) is 13.5. The number of aromatic amines is 1. The van der Waals surface area contributed by atoms with E-state index in [1.807, 2.05) is 12.1 Å². The fraction of sp³-hybridized carbons (Fsp3) is 0.462. The van der Waals surface area contributed by atoms with Gasteiger partial charge in [-0.1, -0.05) is 38.4 Å². The van der Waals surface area contributed by atoms with Gasteiger partial charge in [0, 0.05) is 6.54 Å². The highest BCUT2D eigenvalue weighted by Crippen LogP contribution is 2.24. The predicted octanol–water partition coefficient (Wildman–Crippen LogP) is 4.64. The summed E-state index contributed by atoms with van der Waals surface area (Å²) in [6.45, 7) is 7.64. The summed E-state index contributed by atoms with van der Waals surface area (Å²) in [4.78, 5) is 3.19. The number of fused-ring (bicyclic) bond motifs is 1. The molecule has 17 heavy (non-hydrogen) atoms. The summed E-state index contributed by atoms with van der Waals surface area (Å²) in [6.07, 6.45) is 0. The molecule has 0 radical (unpaired) electrons. The van der Waals surface area contributed by atoms with Crippen molar-refractivity contribution in [2.75, 3.05) is 0 Å². The fourth-order valence-electron chi connectivity index (χ4n) is 1.83. The van der Waals surface area contributed by atoms with E-state index in [9.17, 15) is 0 Å². The Bertz CT molecular complexity index is 583. The summed E-state index contributed by atoms with van der Waals surface area (Å²) in [5.41, 5.74) is 2.03. The average Bonchev–Trinajstić information content (AvgIpc) is 2.58. The lowest BCUT2D eigenvalue weighted by Gasteiger charge is -2.16. The number of nitrogens with zero attached hydrogens (tertiary/aromatic N) is 1. The van der Waals surface area contributed by atoms with Crippen LogP contribution in [0.2, 0.25) is 5.02 Å². The van der Waals surface area contributed by atoms with Crippen molar-refractivity contribution in [2.45, 2.75) is 27.3 Å². The third-order valence-electron chi connectivity index (χ3n) is 3.37. The van der Waals surface area contributed by atoms with Crippen LogP contribution in [0.5, 0.6) is 0 Å². The molecule has 0 saturated carbocycles. The summed E-state index contributed by atoms with van der Waals surface area (Å²) < 4.78 is 2.89. The Balaban J connectivity index is 2.51. The van der Waals surface area contributed by atoms with Gasteiger partial charge in [-0.25, -0.2) is 0 Å². The SMILES string of the molecule is CC(C)C(C)Cn1c(=S)[nH]c2c(Cl)cccc21. The minimum Gasteiger partial charge on any atom is -0.329 e. The summed E-state index contributed by atoms with van der Waals surface area (Å²) in [5.74, 6) is 1.22. The van der Waals surface area contributed by atoms with Gasteiger partial charge in [0.1, 0.15) is 0 Å². The molecule has 1 N–H and O–H groups in total. The highest BCUT2D eigenvalue weighted by atomic mass is 35.5. The number of hydrogen-bond donors (Lipinski definition) is 1. The number of H-pyrrole nitrogens is 1. The molecule has 4 heteroatoms. The molecule has 1 atom stereocenters. The highest BCUT2D eigenvalue weighted by Gasteiger charge is 2.12. The van der Waals surface area contributed by atoms with Crippen molar-refractivity contribution in [1.29, 1.82) is 0 Å². The number of para-hydroxylation sites is 1. The molecule has 1 aromatic carbocycles. The third-order valence-corrected chi connectivity index (χ3v) is 4.01. The van der Waals surface area contributed by atoms with Crippen LogP contribution in [0.25, 0.3) is 11.0 Å². The van der Waals surface area contributed by atoms with Crippen LogP contribution in [0.4, 0.5) is 0 Å². The average molecular weight is 269 g/mol. The number of benzene rings is 1. The van der Waals surface area contributed by atoms with E-state index < -0.39 is 0 Å². The van der Waals surface area contributed by atoms with Crippen LogP contribution in [-0.4, -0.2) is 9.55 Å². The fourth-order valence-corrected chi connectivity index (χ4v) is 2.32. The van der Waals surface area contributed by atoms with E-state index in [-0.39, 0.29) is 0 Å². The lowest BCUT2D eigenvalue weighted by Crippen LogP contribution is -2.13. The first kappa shape index (κ1) is 12.7. The Morgan fingerprint density at radius 1 is 1.35 bits per heavy atom. The zero-order valence-electron chi connectivity index (χ0n) is 10.3. The van der Waals surface area contributed by atoms with E-state index >= 15 is 0 Å². The second kappa shape index (κ2) is 4.83. The van der Waals surface area contributed by atoms with Gasteiger partial charge in [0.25, 0.3) is 0 Å². The van der Waals surface area contributed by atoms with Crippen LogP contribution in [-0.2, 0) is 6.54 Å². The number of halogens is 1. The summed E-state index contributed by atoms with van der Waals surface area (Å²) in [5, 5.41) is 0.726. The first-order valence-electron chi connectivity index (χ1n) is 5.87. The van der Waals surface area contributed by atoms with Gasteiger partial charge in [-0.05, 0) is 36.2 Å². The van der Waals surface area contributed by atoms with Gasteiger partial charge >= 0.3 is 0 Å². The maximum absolute atomic E-state index is 6.15. The molecule has 0 amide bonds. The molecule has 0 aliphatic heterocycles. The minimum atomic E-state index is 0.583. The molecule has 0 saturated heterocycles. The molecule has 0 spiro atoms. The second-order valence-electron chi connectivity index (χ2n) is 4.90. The van der Waals surface area contributed by atoms with Gasteiger partial charge in [0.15, 0.2) is 4.77 Å². The van der Waals surface area contributed by atoms with Gasteiger partial charge in [-0.2, -0.15) is 0 Å². The van der Waals surface area contributed by atoms with Gasteiger partial charge in [-0.15, -0.1) is 0 Å².